The highest BCUT2D eigenvalue weighted by Crippen LogP contribution is 2.21. The summed E-state index contributed by atoms with van der Waals surface area (Å²) in [5, 5.41) is 6.57. The van der Waals surface area contributed by atoms with E-state index in [1.54, 1.807) is 19.0 Å². The first kappa shape index (κ1) is 24.7. The summed E-state index contributed by atoms with van der Waals surface area (Å²) in [6, 6.07) is 10.4. The third kappa shape index (κ3) is 11.3. The third-order valence-electron chi connectivity index (χ3n) is 3.88. The second-order valence-corrected chi connectivity index (χ2v) is 7.94. The van der Waals surface area contributed by atoms with Crippen LogP contribution in [0.1, 0.15) is 46.1 Å². The van der Waals surface area contributed by atoms with Crippen molar-refractivity contribution in [2.75, 3.05) is 20.6 Å². The largest absolute Gasteiger partial charge is 0.354 e. The summed E-state index contributed by atoms with van der Waals surface area (Å²) in [5.41, 5.74) is 1.45. The van der Waals surface area contributed by atoms with Gasteiger partial charge in [0.15, 0.2) is 5.96 Å². The summed E-state index contributed by atoms with van der Waals surface area (Å²) >= 11 is 0. The number of nitrogens with zero attached hydrogens (tertiary/aromatic N) is 2. The number of nitrogens with one attached hydrogen (secondary N) is 2. The van der Waals surface area contributed by atoms with Gasteiger partial charge in [-0.05, 0) is 30.7 Å². The number of rotatable bonds is 7. The minimum absolute atomic E-state index is 0. The van der Waals surface area contributed by atoms with E-state index in [-0.39, 0.29) is 42.5 Å². The van der Waals surface area contributed by atoms with E-state index in [2.05, 4.69) is 55.5 Å². The van der Waals surface area contributed by atoms with Crippen LogP contribution in [0, 0.1) is 5.41 Å². The number of amides is 1. The lowest BCUT2D eigenvalue weighted by Crippen LogP contribution is -2.46. The van der Waals surface area contributed by atoms with Crippen molar-refractivity contribution in [2.24, 2.45) is 10.4 Å². The van der Waals surface area contributed by atoms with Crippen molar-refractivity contribution in [2.45, 2.75) is 53.1 Å². The van der Waals surface area contributed by atoms with Gasteiger partial charge in [0.05, 0.1) is 13.1 Å². The Balaban J connectivity index is 0.00000625. The van der Waals surface area contributed by atoms with E-state index < -0.39 is 0 Å². The van der Waals surface area contributed by atoms with Gasteiger partial charge in [0.25, 0.3) is 0 Å². The quantitative estimate of drug-likeness (QED) is 0.361. The molecule has 0 heterocycles. The van der Waals surface area contributed by atoms with Crippen LogP contribution in [0.15, 0.2) is 35.3 Å². The second-order valence-electron chi connectivity index (χ2n) is 7.94. The van der Waals surface area contributed by atoms with Crippen LogP contribution in [0.2, 0.25) is 0 Å². The standard InChI is InChI=1S/C20H34N4O.HI/c1-16(12-13-20(2,3)4)23-19(22-15-18(25)24(5)6)21-14-17-10-8-7-9-11-17;/h7-11,16H,12-15H2,1-6H3,(H2,21,22,23);1H. The first-order valence-corrected chi connectivity index (χ1v) is 8.96. The lowest BCUT2D eigenvalue weighted by Gasteiger charge is -2.23. The molecule has 1 unspecified atom stereocenters. The number of likely N-dealkylation sites (N-methyl/N-ethyl adjacent to an activating group) is 1. The summed E-state index contributed by atoms with van der Waals surface area (Å²) in [4.78, 5) is 18.1. The van der Waals surface area contributed by atoms with Crippen molar-refractivity contribution in [3.05, 3.63) is 35.9 Å². The molecule has 0 radical (unpaired) electrons. The van der Waals surface area contributed by atoms with E-state index in [0.717, 1.165) is 18.4 Å². The number of benzene rings is 1. The smallest absolute Gasteiger partial charge is 0.241 e. The van der Waals surface area contributed by atoms with Gasteiger partial charge in [-0.2, -0.15) is 0 Å². The molecule has 1 aromatic carbocycles. The molecule has 1 atom stereocenters. The highest BCUT2D eigenvalue weighted by atomic mass is 127. The van der Waals surface area contributed by atoms with E-state index in [4.69, 9.17) is 0 Å². The minimum Gasteiger partial charge on any atom is -0.354 e. The van der Waals surface area contributed by atoms with Crippen LogP contribution in [0.3, 0.4) is 0 Å². The average molecular weight is 474 g/mol. The molecule has 0 spiro atoms. The molecule has 1 rings (SSSR count). The van der Waals surface area contributed by atoms with Crippen molar-refractivity contribution in [3.63, 3.8) is 0 Å². The monoisotopic (exact) mass is 474 g/mol. The van der Waals surface area contributed by atoms with E-state index >= 15 is 0 Å². The molecule has 1 amide bonds. The number of carbonyl (C=O) groups is 1. The first-order chi connectivity index (χ1) is 11.7. The predicted octanol–water partition coefficient (Wildman–Crippen LogP) is 3.64. The molecular formula is C20H35IN4O. The Bertz CT molecular complexity index is 553. The van der Waals surface area contributed by atoms with Crippen LogP contribution in [-0.2, 0) is 11.3 Å². The molecule has 2 N–H and O–H groups in total. The second kappa shape index (κ2) is 12.1. The fourth-order valence-corrected chi connectivity index (χ4v) is 2.18. The molecule has 0 aliphatic carbocycles. The molecule has 0 saturated carbocycles. The maximum absolute atomic E-state index is 11.8. The molecule has 26 heavy (non-hydrogen) atoms. The van der Waals surface area contributed by atoms with Gasteiger partial charge in [-0.25, -0.2) is 4.99 Å². The Kier molecular flexibility index (Phi) is 11.5. The fourth-order valence-electron chi connectivity index (χ4n) is 2.18. The molecule has 6 heteroatoms. The van der Waals surface area contributed by atoms with Crippen LogP contribution < -0.4 is 10.6 Å². The van der Waals surface area contributed by atoms with E-state index in [1.807, 2.05) is 18.2 Å². The normalized spacial score (nSPS) is 12.8. The van der Waals surface area contributed by atoms with Crippen LogP contribution in [-0.4, -0.2) is 43.4 Å². The number of aliphatic imine (C=N–C) groups is 1. The van der Waals surface area contributed by atoms with Gasteiger partial charge in [-0.15, -0.1) is 24.0 Å². The van der Waals surface area contributed by atoms with Gasteiger partial charge in [0, 0.05) is 20.1 Å². The lowest BCUT2D eigenvalue weighted by molar-refractivity contribution is -0.127. The van der Waals surface area contributed by atoms with Crippen molar-refractivity contribution < 1.29 is 4.79 Å². The SMILES string of the molecule is CC(CCC(C)(C)C)NC(=NCc1ccccc1)NCC(=O)N(C)C.I. The highest BCUT2D eigenvalue weighted by molar-refractivity contribution is 14.0. The Morgan fingerprint density at radius 3 is 2.35 bits per heavy atom. The van der Waals surface area contributed by atoms with E-state index in [1.165, 1.54) is 0 Å². The molecule has 0 aliphatic heterocycles. The number of guanidine groups is 1. The molecule has 0 aromatic heterocycles. The fraction of sp³-hybridized carbons (Fsp3) is 0.600. The van der Waals surface area contributed by atoms with Crippen molar-refractivity contribution >= 4 is 35.8 Å². The maximum atomic E-state index is 11.8. The number of halogens is 1. The summed E-state index contributed by atoms with van der Waals surface area (Å²) in [5.74, 6) is 0.706. The molecule has 0 aliphatic rings. The topological polar surface area (TPSA) is 56.7 Å². The van der Waals surface area contributed by atoms with Crippen LogP contribution in [0.25, 0.3) is 0 Å². The molecule has 0 saturated heterocycles. The Labute approximate surface area is 176 Å². The van der Waals surface area contributed by atoms with Crippen molar-refractivity contribution in [1.29, 1.82) is 0 Å². The highest BCUT2D eigenvalue weighted by Gasteiger charge is 2.14. The maximum Gasteiger partial charge on any atom is 0.241 e. The van der Waals surface area contributed by atoms with Gasteiger partial charge in [-0.1, -0.05) is 51.1 Å². The van der Waals surface area contributed by atoms with E-state index in [0.29, 0.717) is 17.9 Å². The van der Waals surface area contributed by atoms with Gasteiger partial charge < -0.3 is 15.5 Å². The van der Waals surface area contributed by atoms with Crippen LogP contribution >= 0.6 is 24.0 Å². The Morgan fingerprint density at radius 1 is 1.19 bits per heavy atom. The van der Waals surface area contributed by atoms with Crippen LogP contribution in [0.4, 0.5) is 0 Å². The number of carbonyl (C=O) groups excluding carboxylic acids is 1. The minimum atomic E-state index is 0. The van der Waals surface area contributed by atoms with Crippen molar-refractivity contribution in [3.8, 4) is 0 Å². The van der Waals surface area contributed by atoms with Gasteiger partial charge >= 0.3 is 0 Å². The van der Waals surface area contributed by atoms with E-state index in [9.17, 15) is 4.79 Å². The summed E-state index contributed by atoms with van der Waals surface area (Å²) < 4.78 is 0. The zero-order valence-corrected chi connectivity index (χ0v) is 19.3. The predicted molar refractivity (Wildman–Crippen MR) is 121 cm³/mol. The zero-order valence-electron chi connectivity index (χ0n) is 17.0. The van der Waals surface area contributed by atoms with Gasteiger partial charge in [-0.3, -0.25) is 4.79 Å². The van der Waals surface area contributed by atoms with Gasteiger partial charge in [0.1, 0.15) is 0 Å². The molecule has 0 fully saturated rings. The Morgan fingerprint density at radius 2 is 1.81 bits per heavy atom. The van der Waals surface area contributed by atoms with Crippen LogP contribution in [0.5, 0.6) is 0 Å². The molecule has 1 aromatic rings. The van der Waals surface area contributed by atoms with Gasteiger partial charge in [0.2, 0.25) is 5.91 Å². The lowest BCUT2D eigenvalue weighted by atomic mass is 9.89. The average Bonchev–Trinajstić information content (AvgIpc) is 2.55. The molecule has 5 nitrogen and oxygen atoms in total. The van der Waals surface area contributed by atoms with Crippen molar-refractivity contribution in [1.82, 2.24) is 15.5 Å². The number of hydrogen-bond acceptors (Lipinski definition) is 2. The summed E-state index contributed by atoms with van der Waals surface area (Å²) in [6.07, 6.45) is 2.18. The number of hydrogen-bond donors (Lipinski definition) is 2. The first-order valence-electron chi connectivity index (χ1n) is 8.96. The summed E-state index contributed by atoms with van der Waals surface area (Å²) in [6.45, 7) is 9.71. The molecule has 148 valence electrons. The molecular weight excluding hydrogens is 439 g/mol. The Hall–Kier alpha value is -1.31. The molecule has 0 bridgehead atoms. The third-order valence-corrected chi connectivity index (χ3v) is 3.88. The summed E-state index contributed by atoms with van der Waals surface area (Å²) in [7, 11) is 3.51. The zero-order chi connectivity index (χ0) is 18.9.